The lowest BCUT2D eigenvalue weighted by atomic mass is 9.81. The van der Waals surface area contributed by atoms with Crippen LogP contribution in [0.4, 0.5) is 0 Å². The van der Waals surface area contributed by atoms with Crippen LogP contribution in [0.3, 0.4) is 0 Å². The zero-order valence-corrected chi connectivity index (χ0v) is 11.1. The summed E-state index contributed by atoms with van der Waals surface area (Å²) >= 11 is 6.71. The maximum absolute atomic E-state index is 6.71. The Kier molecular flexibility index (Phi) is 2.92. The molecule has 1 saturated carbocycles. The van der Waals surface area contributed by atoms with Crippen molar-refractivity contribution in [1.82, 2.24) is 0 Å². The molecular formula is C15H19ClO. The van der Waals surface area contributed by atoms with Gasteiger partial charge in [0.05, 0.1) is 18.6 Å². The van der Waals surface area contributed by atoms with Gasteiger partial charge in [-0.3, -0.25) is 0 Å². The summed E-state index contributed by atoms with van der Waals surface area (Å²) in [6, 6.07) is 6.63. The molecule has 1 aliphatic heterocycles. The van der Waals surface area contributed by atoms with E-state index < -0.39 is 0 Å². The quantitative estimate of drug-likeness (QED) is 0.699. The van der Waals surface area contributed by atoms with Crippen molar-refractivity contribution in [3.63, 3.8) is 0 Å². The van der Waals surface area contributed by atoms with Crippen molar-refractivity contribution in [2.75, 3.05) is 0 Å². The number of rotatable bonds is 2. The van der Waals surface area contributed by atoms with Crippen molar-refractivity contribution in [2.45, 2.75) is 51.2 Å². The fourth-order valence-corrected chi connectivity index (χ4v) is 3.54. The van der Waals surface area contributed by atoms with Crippen molar-refractivity contribution in [3.8, 4) is 0 Å². The number of hydrogen-bond acceptors (Lipinski definition) is 1. The lowest BCUT2D eigenvalue weighted by Gasteiger charge is -2.30. The third-order valence-corrected chi connectivity index (χ3v) is 5.17. The molecule has 0 amide bonds. The average molecular weight is 251 g/mol. The summed E-state index contributed by atoms with van der Waals surface area (Å²) in [6.45, 7) is 3.85. The van der Waals surface area contributed by atoms with Crippen LogP contribution >= 0.6 is 11.6 Å². The van der Waals surface area contributed by atoms with Gasteiger partial charge in [-0.15, -0.1) is 11.6 Å². The predicted octanol–water partition coefficient (Wildman–Crippen LogP) is 4.58. The van der Waals surface area contributed by atoms with Crippen LogP contribution in [0, 0.1) is 5.41 Å². The Hall–Kier alpha value is -0.530. The zero-order valence-electron chi connectivity index (χ0n) is 10.3. The SMILES string of the molecule is CC1(C(Cl)c2ccc3c(c2)COC3)CCCC1. The fraction of sp³-hybridized carbons (Fsp3) is 0.600. The second kappa shape index (κ2) is 4.29. The number of ether oxygens (including phenoxy) is 1. The third-order valence-electron chi connectivity index (χ3n) is 4.40. The van der Waals surface area contributed by atoms with Crippen LogP contribution < -0.4 is 0 Å². The normalized spacial score (nSPS) is 23.6. The van der Waals surface area contributed by atoms with E-state index in [-0.39, 0.29) is 10.8 Å². The number of alkyl halides is 1. The molecule has 1 fully saturated rings. The minimum atomic E-state index is 0.149. The van der Waals surface area contributed by atoms with Crippen molar-refractivity contribution >= 4 is 11.6 Å². The van der Waals surface area contributed by atoms with Gasteiger partial charge < -0.3 is 4.74 Å². The van der Waals surface area contributed by atoms with E-state index in [0.29, 0.717) is 0 Å². The van der Waals surface area contributed by atoms with E-state index in [1.165, 1.54) is 42.4 Å². The first kappa shape index (κ1) is 11.6. The van der Waals surface area contributed by atoms with Gasteiger partial charge >= 0.3 is 0 Å². The number of hydrogen-bond donors (Lipinski definition) is 0. The number of fused-ring (bicyclic) bond motifs is 1. The molecule has 0 aromatic heterocycles. The summed E-state index contributed by atoms with van der Waals surface area (Å²) in [5.41, 5.74) is 4.22. The average Bonchev–Trinajstić information content (AvgIpc) is 2.96. The van der Waals surface area contributed by atoms with Gasteiger partial charge in [0.2, 0.25) is 0 Å². The highest BCUT2D eigenvalue weighted by Crippen LogP contribution is 2.50. The molecule has 1 unspecified atom stereocenters. The van der Waals surface area contributed by atoms with Crippen LogP contribution in [0.5, 0.6) is 0 Å². The molecule has 0 saturated heterocycles. The lowest BCUT2D eigenvalue weighted by molar-refractivity contribution is 0.134. The Morgan fingerprint density at radius 3 is 2.65 bits per heavy atom. The summed E-state index contributed by atoms with van der Waals surface area (Å²) in [5, 5.41) is 0.149. The molecule has 1 heterocycles. The smallest absolute Gasteiger partial charge is 0.0725 e. The summed E-state index contributed by atoms with van der Waals surface area (Å²) < 4.78 is 5.46. The van der Waals surface area contributed by atoms with Crippen LogP contribution in [0.25, 0.3) is 0 Å². The second-order valence-electron chi connectivity index (χ2n) is 5.74. The van der Waals surface area contributed by atoms with Crippen LogP contribution in [0.15, 0.2) is 18.2 Å². The predicted molar refractivity (Wildman–Crippen MR) is 70.1 cm³/mol. The molecule has 92 valence electrons. The van der Waals surface area contributed by atoms with Gasteiger partial charge in [0.25, 0.3) is 0 Å². The van der Waals surface area contributed by atoms with Crippen LogP contribution in [-0.2, 0) is 18.0 Å². The topological polar surface area (TPSA) is 9.23 Å². The molecule has 0 N–H and O–H groups in total. The largest absolute Gasteiger partial charge is 0.372 e. The monoisotopic (exact) mass is 250 g/mol. The van der Waals surface area contributed by atoms with E-state index in [1.54, 1.807) is 0 Å². The first-order valence-corrected chi connectivity index (χ1v) is 6.96. The van der Waals surface area contributed by atoms with Gasteiger partial charge in [-0.2, -0.15) is 0 Å². The van der Waals surface area contributed by atoms with Crippen LogP contribution in [-0.4, -0.2) is 0 Å². The Labute approximate surface area is 108 Å². The maximum atomic E-state index is 6.71. The van der Waals surface area contributed by atoms with Gasteiger partial charge in [-0.05, 0) is 34.9 Å². The summed E-state index contributed by atoms with van der Waals surface area (Å²) in [4.78, 5) is 0. The first-order chi connectivity index (χ1) is 8.19. The standard InChI is InChI=1S/C15H19ClO/c1-15(6-2-3-7-15)14(16)11-4-5-12-9-17-10-13(12)8-11/h4-5,8,14H,2-3,6-7,9-10H2,1H3. The van der Waals surface area contributed by atoms with E-state index in [0.717, 1.165) is 13.2 Å². The molecule has 0 bridgehead atoms. The molecule has 2 heteroatoms. The van der Waals surface area contributed by atoms with Crippen molar-refractivity contribution < 1.29 is 4.74 Å². The Balaban J connectivity index is 1.88. The second-order valence-corrected chi connectivity index (χ2v) is 6.18. The van der Waals surface area contributed by atoms with Gasteiger partial charge in [-0.1, -0.05) is 38.0 Å². The van der Waals surface area contributed by atoms with Crippen molar-refractivity contribution in [3.05, 3.63) is 34.9 Å². The van der Waals surface area contributed by atoms with Crippen LogP contribution in [0.2, 0.25) is 0 Å². The molecular weight excluding hydrogens is 232 g/mol. The van der Waals surface area contributed by atoms with Crippen molar-refractivity contribution in [1.29, 1.82) is 0 Å². The van der Waals surface area contributed by atoms with E-state index >= 15 is 0 Å². The molecule has 1 aliphatic carbocycles. The fourth-order valence-electron chi connectivity index (χ4n) is 3.19. The highest BCUT2D eigenvalue weighted by molar-refractivity contribution is 6.21. The Bertz CT molecular complexity index is 421. The zero-order chi connectivity index (χ0) is 11.9. The van der Waals surface area contributed by atoms with E-state index in [9.17, 15) is 0 Å². The number of benzene rings is 1. The van der Waals surface area contributed by atoms with Crippen molar-refractivity contribution in [2.24, 2.45) is 5.41 Å². The Morgan fingerprint density at radius 1 is 1.18 bits per heavy atom. The van der Waals surface area contributed by atoms with E-state index in [2.05, 4.69) is 25.1 Å². The highest BCUT2D eigenvalue weighted by Gasteiger charge is 2.36. The molecule has 0 radical (unpaired) electrons. The lowest BCUT2D eigenvalue weighted by Crippen LogP contribution is -2.18. The minimum absolute atomic E-state index is 0.149. The van der Waals surface area contributed by atoms with Gasteiger partial charge in [-0.25, -0.2) is 0 Å². The summed E-state index contributed by atoms with van der Waals surface area (Å²) in [5.74, 6) is 0. The highest BCUT2D eigenvalue weighted by atomic mass is 35.5. The first-order valence-electron chi connectivity index (χ1n) is 6.53. The molecule has 1 aromatic carbocycles. The maximum Gasteiger partial charge on any atom is 0.0725 e. The summed E-state index contributed by atoms with van der Waals surface area (Å²) in [7, 11) is 0. The molecule has 1 nitrogen and oxygen atoms in total. The van der Waals surface area contributed by atoms with Gasteiger partial charge in [0.1, 0.15) is 0 Å². The van der Waals surface area contributed by atoms with Gasteiger partial charge in [0.15, 0.2) is 0 Å². The van der Waals surface area contributed by atoms with E-state index in [1.807, 2.05) is 0 Å². The molecule has 0 spiro atoms. The van der Waals surface area contributed by atoms with Gasteiger partial charge in [0, 0.05) is 0 Å². The van der Waals surface area contributed by atoms with E-state index in [4.69, 9.17) is 16.3 Å². The third kappa shape index (κ3) is 2.00. The Morgan fingerprint density at radius 2 is 1.88 bits per heavy atom. The molecule has 3 rings (SSSR count). The number of halogens is 1. The molecule has 1 aromatic rings. The molecule has 1 atom stereocenters. The molecule has 2 aliphatic rings. The molecule has 17 heavy (non-hydrogen) atoms. The minimum Gasteiger partial charge on any atom is -0.372 e. The van der Waals surface area contributed by atoms with Crippen LogP contribution in [0.1, 0.15) is 54.7 Å². The summed E-state index contributed by atoms with van der Waals surface area (Å²) in [6.07, 6.45) is 5.17.